The predicted molar refractivity (Wildman–Crippen MR) is 62.6 cm³/mol. The van der Waals surface area contributed by atoms with E-state index in [-0.39, 0.29) is 24.5 Å². The van der Waals surface area contributed by atoms with Gasteiger partial charge in [0.05, 0.1) is 30.8 Å². The van der Waals surface area contributed by atoms with E-state index < -0.39 is 0 Å². The fraction of sp³-hybridized carbons (Fsp3) is 0.250. The van der Waals surface area contributed by atoms with E-state index in [4.69, 9.17) is 0 Å². The van der Waals surface area contributed by atoms with Crippen molar-refractivity contribution in [3.8, 4) is 0 Å². The lowest BCUT2D eigenvalue weighted by Gasteiger charge is -2.05. The normalized spacial score (nSPS) is 10.4. The predicted octanol–water partition coefficient (Wildman–Crippen LogP) is 0.960. The molecule has 5 heteroatoms. The van der Waals surface area contributed by atoms with Crippen LogP contribution in [0.25, 0.3) is 10.9 Å². The Labute approximate surface area is 97.7 Å². The first kappa shape index (κ1) is 11.3. The summed E-state index contributed by atoms with van der Waals surface area (Å²) in [5.41, 5.74) is 0.520. The summed E-state index contributed by atoms with van der Waals surface area (Å²) in [7, 11) is 1.32. The average molecular weight is 232 g/mol. The zero-order chi connectivity index (χ0) is 12.3. The van der Waals surface area contributed by atoms with E-state index in [1.807, 2.05) is 6.07 Å². The molecule has 0 radical (unpaired) electrons. The fourth-order valence-corrected chi connectivity index (χ4v) is 1.58. The summed E-state index contributed by atoms with van der Waals surface area (Å²) in [5, 5.41) is 0.555. The maximum Gasteiger partial charge on any atom is 0.307 e. The van der Waals surface area contributed by atoms with E-state index in [9.17, 15) is 9.59 Å². The van der Waals surface area contributed by atoms with Gasteiger partial charge in [-0.15, -0.1) is 0 Å². The van der Waals surface area contributed by atoms with Gasteiger partial charge in [-0.1, -0.05) is 12.1 Å². The van der Waals surface area contributed by atoms with Gasteiger partial charge in [-0.3, -0.25) is 14.2 Å². The van der Waals surface area contributed by atoms with Crippen molar-refractivity contribution in [1.82, 2.24) is 9.55 Å². The zero-order valence-corrected chi connectivity index (χ0v) is 9.42. The number of methoxy groups -OCH3 is 1. The Morgan fingerprint density at radius 3 is 2.94 bits per heavy atom. The van der Waals surface area contributed by atoms with Crippen LogP contribution in [0.5, 0.6) is 0 Å². The van der Waals surface area contributed by atoms with Crippen molar-refractivity contribution < 1.29 is 9.53 Å². The van der Waals surface area contributed by atoms with Crippen molar-refractivity contribution in [2.24, 2.45) is 0 Å². The van der Waals surface area contributed by atoms with Crippen LogP contribution in [0, 0.1) is 0 Å². The molecule has 0 spiro atoms. The van der Waals surface area contributed by atoms with Gasteiger partial charge in [0.25, 0.3) is 5.56 Å². The second-order valence-electron chi connectivity index (χ2n) is 3.59. The zero-order valence-electron chi connectivity index (χ0n) is 9.42. The van der Waals surface area contributed by atoms with Gasteiger partial charge in [-0.2, -0.15) is 0 Å². The quantitative estimate of drug-likeness (QED) is 0.739. The molecule has 1 aromatic carbocycles. The molecule has 0 atom stereocenters. The maximum absolute atomic E-state index is 12.0. The van der Waals surface area contributed by atoms with Crippen LogP contribution in [-0.4, -0.2) is 22.6 Å². The number of hydrogen-bond acceptors (Lipinski definition) is 4. The highest BCUT2D eigenvalue weighted by Crippen LogP contribution is 2.04. The second kappa shape index (κ2) is 4.78. The van der Waals surface area contributed by atoms with Crippen molar-refractivity contribution in [3.63, 3.8) is 0 Å². The number of hydrogen-bond donors (Lipinski definition) is 0. The van der Waals surface area contributed by atoms with Crippen LogP contribution in [0.2, 0.25) is 0 Å². The maximum atomic E-state index is 12.0. The molecule has 88 valence electrons. The largest absolute Gasteiger partial charge is 0.469 e. The van der Waals surface area contributed by atoms with Crippen molar-refractivity contribution in [2.45, 2.75) is 13.0 Å². The second-order valence-corrected chi connectivity index (χ2v) is 3.59. The molecule has 0 saturated carbocycles. The number of ether oxygens (including phenoxy) is 1. The third-order valence-electron chi connectivity index (χ3n) is 2.52. The number of aryl methyl sites for hydroxylation is 1. The Morgan fingerprint density at radius 2 is 2.18 bits per heavy atom. The van der Waals surface area contributed by atoms with Crippen LogP contribution in [0.1, 0.15) is 6.42 Å². The van der Waals surface area contributed by atoms with E-state index in [1.165, 1.54) is 18.0 Å². The van der Waals surface area contributed by atoms with E-state index in [0.29, 0.717) is 10.9 Å². The SMILES string of the molecule is COC(=O)CCn1cnc2ccccc2c1=O. The molecule has 2 rings (SSSR count). The van der Waals surface area contributed by atoms with Crippen LogP contribution in [-0.2, 0) is 16.1 Å². The number of carbonyl (C=O) groups excluding carboxylic acids is 1. The van der Waals surface area contributed by atoms with Crippen molar-refractivity contribution in [2.75, 3.05) is 7.11 Å². The van der Waals surface area contributed by atoms with Crippen LogP contribution < -0.4 is 5.56 Å². The lowest BCUT2D eigenvalue weighted by Crippen LogP contribution is -2.22. The molecule has 0 bridgehead atoms. The number of carbonyl (C=O) groups is 1. The summed E-state index contributed by atoms with van der Waals surface area (Å²) in [5.74, 6) is -0.343. The standard InChI is InChI=1S/C12H12N2O3/c1-17-11(15)6-7-14-8-13-10-5-3-2-4-9(10)12(14)16/h2-5,8H,6-7H2,1H3. The van der Waals surface area contributed by atoms with Gasteiger partial charge >= 0.3 is 5.97 Å². The van der Waals surface area contributed by atoms with Crippen molar-refractivity contribution in [1.29, 1.82) is 0 Å². The fourth-order valence-electron chi connectivity index (χ4n) is 1.58. The molecule has 0 unspecified atom stereocenters. The van der Waals surface area contributed by atoms with Gasteiger partial charge in [-0.25, -0.2) is 4.98 Å². The van der Waals surface area contributed by atoms with Gasteiger partial charge in [0, 0.05) is 6.54 Å². The van der Waals surface area contributed by atoms with Crippen molar-refractivity contribution in [3.05, 3.63) is 40.9 Å². The lowest BCUT2D eigenvalue weighted by molar-refractivity contribution is -0.140. The number of esters is 1. The van der Waals surface area contributed by atoms with Gasteiger partial charge in [0.1, 0.15) is 0 Å². The summed E-state index contributed by atoms with van der Waals surface area (Å²) in [6.45, 7) is 0.281. The Balaban J connectivity index is 2.33. The van der Waals surface area contributed by atoms with Gasteiger partial charge in [0.15, 0.2) is 0 Å². The lowest BCUT2D eigenvalue weighted by atomic mass is 10.2. The minimum atomic E-state index is -0.343. The highest BCUT2D eigenvalue weighted by Gasteiger charge is 2.05. The van der Waals surface area contributed by atoms with E-state index in [1.54, 1.807) is 18.2 Å². The molecule has 0 aliphatic heterocycles. The molecule has 0 aliphatic rings. The molecule has 0 fully saturated rings. The van der Waals surface area contributed by atoms with E-state index >= 15 is 0 Å². The molecule has 5 nitrogen and oxygen atoms in total. The Bertz CT molecular complexity index is 604. The molecule has 1 heterocycles. The topological polar surface area (TPSA) is 61.2 Å². The number of aromatic nitrogens is 2. The molecule has 17 heavy (non-hydrogen) atoms. The summed E-state index contributed by atoms with van der Waals surface area (Å²) in [6, 6.07) is 7.12. The number of para-hydroxylation sites is 1. The van der Waals surface area contributed by atoms with Crippen molar-refractivity contribution >= 4 is 16.9 Å². The highest BCUT2D eigenvalue weighted by molar-refractivity contribution is 5.77. The molecule has 0 N–H and O–H groups in total. The monoisotopic (exact) mass is 232 g/mol. The summed E-state index contributed by atoms with van der Waals surface area (Å²) >= 11 is 0. The molecular formula is C12H12N2O3. The van der Waals surface area contributed by atoms with E-state index in [0.717, 1.165) is 0 Å². The van der Waals surface area contributed by atoms with Crippen LogP contribution in [0.3, 0.4) is 0 Å². The third-order valence-corrected chi connectivity index (χ3v) is 2.52. The molecule has 0 aliphatic carbocycles. The van der Waals surface area contributed by atoms with Gasteiger partial charge < -0.3 is 4.74 Å². The Hall–Kier alpha value is -2.17. The summed E-state index contributed by atoms with van der Waals surface area (Å²) in [4.78, 5) is 27.2. The molecular weight excluding hydrogens is 220 g/mol. The average Bonchev–Trinajstić information content (AvgIpc) is 2.38. The molecule has 0 amide bonds. The first-order chi connectivity index (χ1) is 8.22. The number of rotatable bonds is 3. The highest BCUT2D eigenvalue weighted by atomic mass is 16.5. The number of benzene rings is 1. The molecule has 2 aromatic rings. The van der Waals surface area contributed by atoms with Gasteiger partial charge in [-0.05, 0) is 12.1 Å². The Morgan fingerprint density at radius 1 is 1.41 bits per heavy atom. The minimum absolute atomic E-state index is 0.139. The van der Waals surface area contributed by atoms with Crippen LogP contribution in [0.15, 0.2) is 35.4 Å². The van der Waals surface area contributed by atoms with Gasteiger partial charge in [0.2, 0.25) is 0 Å². The summed E-state index contributed by atoms with van der Waals surface area (Å²) < 4.78 is 5.94. The Kier molecular flexibility index (Phi) is 3.18. The molecule has 0 saturated heterocycles. The number of fused-ring (bicyclic) bond motifs is 1. The first-order valence-electron chi connectivity index (χ1n) is 5.23. The first-order valence-corrected chi connectivity index (χ1v) is 5.23. The van der Waals surface area contributed by atoms with Crippen LogP contribution in [0.4, 0.5) is 0 Å². The number of nitrogens with zero attached hydrogens (tertiary/aromatic N) is 2. The smallest absolute Gasteiger partial charge is 0.307 e. The third kappa shape index (κ3) is 2.33. The molecule has 1 aromatic heterocycles. The summed E-state index contributed by atoms with van der Waals surface area (Å²) in [6.07, 6.45) is 1.62. The minimum Gasteiger partial charge on any atom is -0.469 e. The van der Waals surface area contributed by atoms with Crippen LogP contribution >= 0.6 is 0 Å². The van der Waals surface area contributed by atoms with E-state index in [2.05, 4.69) is 9.72 Å².